The van der Waals surface area contributed by atoms with E-state index >= 15 is 0 Å². The Morgan fingerprint density at radius 2 is 2.00 bits per heavy atom. The molecular formula is C11H9Cl2F3O. The van der Waals surface area contributed by atoms with E-state index in [2.05, 4.69) is 0 Å². The number of benzene rings is 1. The topological polar surface area (TPSA) is 17.1 Å². The predicted molar refractivity (Wildman–Crippen MR) is 60.7 cm³/mol. The van der Waals surface area contributed by atoms with E-state index in [1.165, 1.54) is 0 Å². The second kappa shape index (κ2) is 5.27. The molecule has 1 unspecified atom stereocenters. The molecule has 0 aliphatic heterocycles. The van der Waals surface area contributed by atoms with Crippen LogP contribution in [0.1, 0.15) is 29.3 Å². The summed E-state index contributed by atoms with van der Waals surface area (Å²) < 4.78 is 37.2. The lowest BCUT2D eigenvalue weighted by molar-refractivity contribution is -0.137. The number of halogens is 5. The Labute approximate surface area is 107 Å². The van der Waals surface area contributed by atoms with Crippen LogP contribution in [0.5, 0.6) is 0 Å². The molecule has 0 amide bonds. The van der Waals surface area contributed by atoms with Crippen molar-refractivity contribution in [2.24, 2.45) is 0 Å². The Bertz CT molecular complexity index is 429. The zero-order chi connectivity index (χ0) is 13.2. The molecule has 1 nitrogen and oxygen atoms in total. The molecule has 94 valence electrons. The predicted octanol–water partition coefficient (Wildman–Crippen LogP) is 4.56. The first-order valence-corrected chi connectivity index (χ1v) is 5.63. The van der Waals surface area contributed by atoms with Crippen molar-refractivity contribution in [1.29, 1.82) is 0 Å². The Hall–Kier alpha value is -0.740. The van der Waals surface area contributed by atoms with Crippen molar-refractivity contribution in [3.8, 4) is 0 Å². The number of carbonyl (C=O) groups is 1. The fourth-order valence-electron chi connectivity index (χ4n) is 1.26. The van der Waals surface area contributed by atoms with Crippen molar-refractivity contribution < 1.29 is 18.0 Å². The van der Waals surface area contributed by atoms with E-state index in [0.29, 0.717) is 6.42 Å². The van der Waals surface area contributed by atoms with Crippen LogP contribution in [0.4, 0.5) is 13.2 Å². The van der Waals surface area contributed by atoms with Crippen molar-refractivity contribution in [3.05, 3.63) is 34.3 Å². The quantitative estimate of drug-likeness (QED) is 0.587. The van der Waals surface area contributed by atoms with Gasteiger partial charge in [0.15, 0.2) is 5.78 Å². The maximum absolute atomic E-state index is 12.4. The summed E-state index contributed by atoms with van der Waals surface area (Å²) in [6.07, 6.45) is -4.12. The first kappa shape index (κ1) is 14.3. The maximum Gasteiger partial charge on any atom is 0.417 e. The lowest BCUT2D eigenvalue weighted by Crippen LogP contribution is -2.14. The summed E-state index contributed by atoms with van der Waals surface area (Å²) in [6.45, 7) is 1.71. The van der Waals surface area contributed by atoms with Crippen LogP contribution in [-0.2, 0) is 6.18 Å². The number of hydrogen-bond donors (Lipinski definition) is 0. The summed E-state index contributed by atoms with van der Waals surface area (Å²) >= 11 is 11.2. The van der Waals surface area contributed by atoms with Gasteiger partial charge in [-0.2, -0.15) is 13.2 Å². The van der Waals surface area contributed by atoms with Crippen LogP contribution < -0.4 is 0 Å². The molecule has 0 aromatic heterocycles. The van der Waals surface area contributed by atoms with Gasteiger partial charge in [0.05, 0.1) is 16.0 Å². The SMILES string of the molecule is CCC(Cl)C(=O)c1ccc(C(F)(F)F)c(Cl)c1. The monoisotopic (exact) mass is 284 g/mol. The van der Waals surface area contributed by atoms with Crippen LogP contribution >= 0.6 is 23.2 Å². The van der Waals surface area contributed by atoms with Gasteiger partial charge in [0.25, 0.3) is 0 Å². The normalized spacial score (nSPS) is 13.5. The van der Waals surface area contributed by atoms with Gasteiger partial charge in [-0.1, -0.05) is 24.6 Å². The molecule has 1 aromatic carbocycles. The number of Topliss-reactive ketones (excluding diaryl/α,β-unsaturated/α-hetero) is 1. The van der Waals surface area contributed by atoms with Gasteiger partial charge in [-0.3, -0.25) is 4.79 Å². The highest BCUT2D eigenvalue weighted by molar-refractivity contribution is 6.35. The van der Waals surface area contributed by atoms with Crippen LogP contribution in [0.2, 0.25) is 5.02 Å². The molecule has 0 N–H and O–H groups in total. The molecule has 0 fully saturated rings. The second-order valence-electron chi connectivity index (χ2n) is 3.43. The average Bonchev–Trinajstić information content (AvgIpc) is 2.25. The molecular weight excluding hydrogens is 276 g/mol. The third-order valence-corrected chi connectivity index (χ3v) is 3.02. The maximum atomic E-state index is 12.4. The van der Waals surface area contributed by atoms with E-state index in [1.807, 2.05) is 0 Å². The Balaban J connectivity index is 3.09. The molecule has 0 aliphatic carbocycles. The molecule has 0 spiro atoms. The lowest BCUT2D eigenvalue weighted by Gasteiger charge is -2.11. The molecule has 6 heteroatoms. The number of rotatable bonds is 3. The summed E-state index contributed by atoms with van der Waals surface area (Å²) in [5, 5.41) is -1.24. The van der Waals surface area contributed by atoms with Crippen LogP contribution in [0, 0.1) is 0 Å². The number of hydrogen-bond acceptors (Lipinski definition) is 1. The van der Waals surface area contributed by atoms with Crippen molar-refractivity contribution in [2.45, 2.75) is 24.9 Å². The summed E-state index contributed by atoms with van der Waals surface area (Å²) in [4.78, 5) is 11.6. The zero-order valence-corrected chi connectivity index (χ0v) is 10.3. The fourth-order valence-corrected chi connectivity index (χ4v) is 1.68. The molecule has 0 heterocycles. The molecule has 1 atom stereocenters. The summed E-state index contributed by atoms with van der Waals surface area (Å²) in [5.74, 6) is -0.426. The van der Waals surface area contributed by atoms with Crippen molar-refractivity contribution >= 4 is 29.0 Å². The number of ketones is 1. The molecule has 0 aliphatic rings. The first-order chi connectivity index (χ1) is 7.77. The fraction of sp³-hybridized carbons (Fsp3) is 0.364. The molecule has 0 bridgehead atoms. The van der Waals surface area contributed by atoms with E-state index in [1.54, 1.807) is 6.92 Å². The van der Waals surface area contributed by atoms with Gasteiger partial charge in [0.1, 0.15) is 0 Å². The molecule has 1 rings (SSSR count). The third-order valence-electron chi connectivity index (χ3n) is 2.20. The van der Waals surface area contributed by atoms with E-state index in [-0.39, 0.29) is 5.56 Å². The first-order valence-electron chi connectivity index (χ1n) is 4.82. The van der Waals surface area contributed by atoms with Crippen molar-refractivity contribution in [1.82, 2.24) is 0 Å². The lowest BCUT2D eigenvalue weighted by atomic mass is 10.0. The summed E-state index contributed by atoms with van der Waals surface area (Å²) in [7, 11) is 0. The van der Waals surface area contributed by atoms with Crippen LogP contribution in [0.3, 0.4) is 0 Å². The Morgan fingerprint density at radius 3 is 2.41 bits per heavy atom. The average molecular weight is 285 g/mol. The van der Waals surface area contributed by atoms with E-state index < -0.39 is 27.9 Å². The van der Waals surface area contributed by atoms with Gasteiger partial charge in [-0.15, -0.1) is 11.6 Å². The molecule has 1 aromatic rings. The van der Waals surface area contributed by atoms with Crippen LogP contribution in [0.25, 0.3) is 0 Å². The zero-order valence-electron chi connectivity index (χ0n) is 8.81. The molecule has 0 saturated carbocycles. The van der Waals surface area contributed by atoms with Crippen molar-refractivity contribution in [3.63, 3.8) is 0 Å². The largest absolute Gasteiger partial charge is 0.417 e. The highest BCUT2D eigenvalue weighted by Gasteiger charge is 2.33. The van der Waals surface area contributed by atoms with Gasteiger partial charge >= 0.3 is 6.18 Å². The number of alkyl halides is 4. The van der Waals surface area contributed by atoms with Gasteiger partial charge in [-0.25, -0.2) is 0 Å². The standard InChI is InChI=1S/C11H9Cl2F3O/c1-2-8(12)10(17)6-3-4-7(9(13)5-6)11(14,15)16/h3-5,8H,2H2,1H3. The van der Waals surface area contributed by atoms with Gasteiger partial charge in [0, 0.05) is 5.56 Å². The third kappa shape index (κ3) is 3.36. The highest BCUT2D eigenvalue weighted by Crippen LogP contribution is 2.35. The van der Waals surface area contributed by atoms with E-state index in [9.17, 15) is 18.0 Å². The van der Waals surface area contributed by atoms with Gasteiger partial charge < -0.3 is 0 Å². The molecule has 17 heavy (non-hydrogen) atoms. The summed E-state index contributed by atoms with van der Waals surface area (Å²) in [6, 6.07) is 2.87. The minimum absolute atomic E-state index is 0.0878. The molecule has 0 radical (unpaired) electrons. The van der Waals surface area contributed by atoms with Crippen LogP contribution in [0.15, 0.2) is 18.2 Å². The van der Waals surface area contributed by atoms with E-state index in [0.717, 1.165) is 18.2 Å². The second-order valence-corrected chi connectivity index (χ2v) is 4.37. The number of carbonyl (C=O) groups excluding carboxylic acids is 1. The van der Waals surface area contributed by atoms with Gasteiger partial charge in [0.2, 0.25) is 0 Å². The van der Waals surface area contributed by atoms with E-state index in [4.69, 9.17) is 23.2 Å². The summed E-state index contributed by atoms with van der Waals surface area (Å²) in [5.41, 5.74) is -0.872. The highest BCUT2D eigenvalue weighted by atomic mass is 35.5. The minimum atomic E-state index is -4.52. The van der Waals surface area contributed by atoms with Crippen LogP contribution in [-0.4, -0.2) is 11.2 Å². The Kier molecular flexibility index (Phi) is 4.44. The minimum Gasteiger partial charge on any atom is -0.293 e. The van der Waals surface area contributed by atoms with Gasteiger partial charge in [-0.05, 0) is 18.6 Å². The molecule has 0 saturated heterocycles. The Morgan fingerprint density at radius 1 is 1.41 bits per heavy atom. The smallest absolute Gasteiger partial charge is 0.293 e. The van der Waals surface area contributed by atoms with Crippen molar-refractivity contribution in [2.75, 3.05) is 0 Å².